The van der Waals surface area contributed by atoms with Crippen molar-refractivity contribution in [2.75, 3.05) is 18.0 Å². The van der Waals surface area contributed by atoms with Crippen LogP contribution in [0.25, 0.3) is 11.2 Å². The molecule has 0 atom stereocenters. The van der Waals surface area contributed by atoms with Gasteiger partial charge < -0.3 is 4.90 Å². The molecule has 11 heteroatoms. The summed E-state index contributed by atoms with van der Waals surface area (Å²) in [4.78, 5) is 10.6. The van der Waals surface area contributed by atoms with E-state index < -0.39 is 23.7 Å². The number of nitrogens with zero attached hydrogens (tertiary/aromatic N) is 6. The summed E-state index contributed by atoms with van der Waals surface area (Å²) in [5.74, 6) is -2.63. The first-order valence-electron chi connectivity index (χ1n) is 9.33. The fourth-order valence-corrected chi connectivity index (χ4v) is 3.77. The molecule has 0 amide bonds. The molecule has 3 heterocycles. The molecule has 0 bridgehead atoms. The first-order valence-corrected chi connectivity index (χ1v) is 10.1. The Bertz CT molecular complexity index is 1130. The van der Waals surface area contributed by atoms with Crippen molar-refractivity contribution < 1.29 is 13.2 Å². The van der Waals surface area contributed by atoms with Crippen molar-refractivity contribution in [2.45, 2.75) is 45.1 Å². The summed E-state index contributed by atoms with van der Waals surface area (Å²) in [5.41, 5.74) is 0.519. The largest absolute Gasteiger partial charge is 0.348 e. The number of halogens is 5. The first-order chi connectivity index (χ1) is 14.0. The lowest BCUT2D eigenvalue weighted by Crippen LogP contribution is -2.27. The van der Waals surface area contributed by atoms with Gasteiger partial charge in [0.25, 0.3) is 5.92 Å². The predicted octanol–water partition coefficient (Wildman–Crippen LogP) is 4.86. The zero-order valence-corrected chi connectivity index (χ0v) is 18.1. The number of anilines is 1. The minimum Gasteiger partial charge on any atom is -0.348 e. The Hall–Kier alpha value is -2.13. The van der Waals surface area contributed by atoms with Crippen molar-refractivity contribution in [1.82, 2.24) is 25.0 Å². The van der Waals surface area contributed by atoms with Crippen LogP contribution >= 0.6 is 23.2 Å². The summed E-state index contributed by atoms with van der Waals surface area (Å²) in [6.07, 6.45) is -0.258. The zero-order chi connectivity index (χ0) is 21.8. The van der Waals surface area contributed by atoms with E-state index >= 15 is 0 Å². The Balaban J connectivity index is 1.86. The molecule has 0 unspecified atom stereocenters. The van der Waals surface area contributed by atoms with Gasteiger partial charge in [-0.25, -0.2) is 27.8 Å². The number of hydrogen-bond donors (Lipinski definition) is 0. The lowest BCUT2D eigenvalue weighted by atomic mass is 9.96. The summed E-state index contributed by atoms with van der Waals surface area (Å²) in [5, 5.41) is 8.40. The highest BCUT2D eigenvalue weighted by Gasteiger charge is 2.40. The molecular formula is C19H19Cl2F3N6. The van der Waals surface area contributed by atoms with Gasteiger partial charge in [-0.2, -0.15) is 0 Å². The minimum absolute atomic E-state index is 0.0160. The Morgan fingerprint density at radius 3 is 2.53 bits per heavy atom. The minimum atomic E-state index is -2.79. The third-order valence-electron chi connectivity index (χ3n) is 4.93. The third-order valence-corrected chi connectivity index (χ3v) is 5.69. The lowest BCUT2D eigenvalue weighted by molar-refractivity contribution is 0.0257. The standard InChI is InChI=1S/C19H19Cl2F3N6/c1-18(2,3)17-25-15(29-7-6-19(23,24)9-29)14-16(26-17)30(28-27-14)8-10-11(20)4-5-12(22)13(10)21/h4-5H,6-9H2,1-3H3. The molecular weight excluding hydrogens is 440 g/mol. The molecule has 0 radical (unpaired) electrons. The van der Waals surface area contributed by atoms with E-state index in [2.05, 4.69) is 20.3 Å². The molecule has 0 N–H and O–H groups in total. The van der Waals surface area contributed by atoms with Crippen molar-refractivity contribution in [3.05, 3.63) is 39.4 Å². The fourth-order valence-electron chi connectivity index (χ4n) is 3.28. The topological polar surface area (TPSA) is 59.7 Å². The van der Waals surface area contributed by atoms with Crippen molar-refractivity contribution in [3.8, 4) is 0 Å². The molecule has 2 aromatic heterocycles. The second-order valence-electron chi connectivity index (χ2n) is 8.39. The van der Waals surface area contributed by atoms with Crippen LogP contribution in [-0.4, -0.2) is 44.0 Å². The molecule has 1 aromatic carbocycles. The molecule has 6 nitrogen and oxygen atoms in total. The van der Waals surface area contributed by atoms with Gasteiger partial charge in [0, 0.05) is 29.0 Å². The molecule has 0 spiro atoms. The molecule has 0 saturated carbocycles. The van der Waals surface area contributed by atoms with Gasteiger partial charge in [0.05, 0.1) is 18.1 Å². The maximum Gasteiger partial charge on any atom is 0.266 e. The van der Waals surface area contributed by atoms with Crippen molar-refractivity contribution >= 4 is 40.2 Å². The molecule has 160 valence electrons. The van der Waals surface area contributed by atoms with Crippen LogP contribution in [0, 0.1) is 5.82 Å². The average Bonchev–Trinajstić information content (AvgIpc) is 3.23. The maximum atomic E-state index is 13.9. The van der Waals surface area contributed by atoms with Gasteiger partial charge in [-0.1, -0.05) is 49.2 Å². The third kappa shape index (κ3) is 3.80. The molecule has 1 aliphatic rings. The predicted molar refractivity (Wildman–Crippen MR) is 109 cm³/mol. The maximum absolute atomic E-state index is 13.9. The number of rotatable bonds is 3. The summed E-state index contributed by atoms with van der Waals surface area (Å²) in [6, 6.07) is 2.59. The summed E-state index contributed by atoms with van der Waals surface area (Å²) >= 11 is 12.3. The molecule has 30 heavy (non-hydrogen) atoms. The van der Waals surface area contributed by atoms with Gasteiger partial charge in [-0.3, -0.25) is 0 Å². The highest BCUT2D eigenvalue weighted by Crippen LogP contribution is 2.35. The Morgan fingerprint density at radius 2 is 1.90 bits per heavy atom. The second-order valence-corrected chi connectivity index (χ2v) is 9.17. The summed E-state index contributed by atoms with van der Waals surface area (Å²) < 4.78 is 43.0. The lowest BCUT2D eigenvalue weighted by Gasteiger charge is -2.22. The smallest absolute Gasteiger partial charge is 0.266 e. The SMILES string of the molecule is CC(C)(C)c1nc(N2CCC(F)(F)C2)c2nnn(Cc3c(Cl)ccc(F)c3Cl)c2n1. The fraction of sp³-hybridized carbons (Fsp3) is 0.474. The van der Waals surface area contributed by atoms with E-state index in [-0.39, 0.29) is 29.6 Å². The van der Waals surface area contributed by atoms with Crippen LogP contribution in [0.2, 0.25) is 10.0 Å². The van der Waals surface area contributed by atoms with E-state index in [0.29, 0.717) is 28.4 Å². The molecule has 4 rings (SSSR count). The monoisotopic (exact) mass is 458 g/mol. The van der Waals surface area contributed by atoms with Gasteiger partial charge in [-0.05, 0) is 12.1 Å². The normalized spacial score (nSPS) is 16.6. The molecule has 1 fully saturated rings. The van der Waals surface area contributed by atoms with Crippen LogP contribution in [0.15, 0.2) is 12.1 Å². The quantitative estimate of drug-likeness (QED) is 0.524. The van der Waals surface area contributed by atoms with Gasteiger partial charge >= 0.3 is 0 Å². The van der Waals surface area contributed by atoms with Crippen LogP contribution in [0.3, 0.4) is 0 Å². The number of hydrogen-bond acceptors (Lipinski definition) is 5. The molecule has 0 aliphatic carbocycles. The number of fused-ring (bicyclic) bond motifs is 1. The number of benzene rings is 1. The van der Waals surface area contributed by atoms with Crippen LogP contribution < -0.4 is 4.90 Å². The van der Waals surface area contributed by atoms with E-state index in [1.54, 1.807) is 0 Å². The van der Waals surface area contributed by atoms with Crippen LogP contribution in [-0.2, 0) is 12.0 Å². The molecule has 3 aromatic rings. The highest BCUT2D eigenvalue weighted by atomic mass is 35.5. The number of aromatic nitrogens is 5. The van der Waals surface area contributed by atoms with Crippen molar-refractivity contribution in [1.29, 1.82) is 0 Å². The van der Waals surface area contributed by atoms with Crippen molar-refractivity contribution in [2.24, 2.45) is 0 Å². The molecule has 1 saturated heterocycles. The van der Waals surface area contributed by atoms with E-state index in [1.165, 1.54) is 21.7 Å². The van der Waals surface area contributed by atoms with Crippen LogP contribution in [0.1, 0.15) is 38.6 Å². The van der Waals surface area contributed by atoms with E-state index in [9.17, 15) is 13.2 Å². The molecule has 1 aliphatic heterocycles. The Morgan fingerprint density at radius 1 is 1.17 bits per heavy atom. The van der Waals surface area contributed by atoms with E-state index in [4.69, 9.17) is 23.2 Å². The van der Waals surface area contributed by atoms with Crippen LogP contribution in [0.4, 0.5) is 19.0 Å². The van der Waals surface area contributed by atoms with Gasteiger partial charge in [-0.15, -0.1) is 5.10 Å². The van der Waals surface area contributed by atoms with Crippen LogP contribution in [0.5, 0.6) is 0 Å². The number of alkyl halides is 2. The Labute approximate surface area is 181 Å². The zero-order valence-electron chi connectivity index (χ0n) is 16.6. The Kier molecular flexibility index (Phi) is 5.09. The van der Waals surface area contributed by atoms with E-state index in [1.807, 2.05) is 20.8 Å². The second kappa shape index (κ2) is 7.23. The summed E-state index contributed by atoms with van der Waals surface area (Å²) in [7, 11) is 0. The summed E-state index contributed by atoms with van der Waals surface area (Å²) in [6.45, 7) is 5.48. The van der Waals surface area contributed by atoms with Gasteiger partial charge in [0.15, 0.2) is 17.0 Å². The first kappa shape index (κ1) is 21.1. The average molecular weight is 459 g/mol. The van der Waals surface area contributed by atoms with Gasteiger partial charge in [0.1, 0.15) is 11.6 Å². The highest BCUT2D eigenvalue weighted by molar-refractivity contribution is 6.36. The van der Waals surface area contributed by atoms with Crippen molar-refractivity contribution in [3.63, 3.8) is 0 Å². The van der Waals surface area contributed by atoms with Gasteiger partial charge in [0.2, 0.25) is 0 Å². The van der Waals surface area contributed by atoms with E-state index in [0.717, 1.165) is 0 Å².